The van der Waals surface area contributed by atoms with Crippen molar-refractivity contribution in [1.29, 1.82) is 0 Å². The summed E-state index contributed by atoms with van der Waals surface area (Å²) in [5.41, 5.74) is 1.52. The first-order valence-corrected chi connectivity index (χ1v) is 7.79. The van der Waals surface area contributed by atoms with Crippen LogP contribution in [0, 0.1) is 0 Å². The highest BCUT2D eigenvalue weighted by Crippen LogP contribution is 2.30. The maximum atomic E-state index is 11.8. The molecule has 3 amide bonds. The van der Waals surface area contributed by atoms with Crippen LogP contribution in [-0.4, -0.2) is 38.3 Å². The molecule has 0 spiro atoms. The van der Waals surface area contributed by atoms with Gasteiger partial charge in [0.1, 0.15) is 5.75 Å². The maximum absolute atomic E-state index is 11.8. The van der Waals surface area contributed by atoms with E-state index in [1.54, 1.807) is 6.07 Å². The third-order valence-corrected chi connectivity index (χ3v) is 3.44. The zero-order chi connectivity index (χ0) is 16.7. The van der Waals surface area contributed by atoms with Crippen molar-refractivity contribution in [3.8, 4) is 5.75 Å². The van der Waals surface area contributed by atoms with Gasteiger partial charge in [-0.15, -0.1) is 0 Å². The molecule has 7 heteroatoms. The molecule has 1 atom stereocenters. The fraction of sp³-hybridized carbons (Fsp3) is 0.500. The van der Waals surface area contributed by atoms with Gasteiger partial charge >= 0.3 is 6.03 Å². The number of amides is 3. The summed E-state index contributed by atoms with van der Waals surface area (Å²) in [5, 5.41) is 8.40. The van der Waals surface area contributed by atoms with Gasteiger partial charge in [0.15, 0.2) is 6.61 Å². The topological polar surface area (TPSA) is 88.7 Å². The summed E-state index contributed by atoms with van der Waals surface area (Å²) in [6.45, 7) is 5.73. The van der Waals surface area contributed by atoms with Gasteiger partial charge in [-0.25, -0.2) is 4.79 Å². The Morgan fingerprint density at radius 2 is 2.30 bits per heavy atom. The third kappa shape index (κ3) is 5.14. The lowest BCUT2D eigenvalue weighted by molar-refractivity contribution is -0.118. The van der Waals surface area contributed by atoms with Gasteiger partial charge in [0.2, 0.25) is 0 Å². The van der Waals surface area contributed by atoms with Crippen LogP contribution in [0.15, 0.2) is 18.2 Å². The van der Waals surface area contributed by atoms with Crippen LogP contribution in [0.25, 0.3) is 0 Å². The fourth-order valence-electron chi connectivity index (χ4n) is 2.22. The van der Waals surface area contributed by atoms with E-state index in [1.165, 1.54) is 0 Å². The maximum Gasteiger partial charge on any atom is 0.315 e. The average Bonchev–Trinajstić information content (AvgIpc) is 2.53. The molecule has 0 aromatic heterocycles. The number of nitrogens with one attached hydrogen (secondary N) is 3. The van der Waals surface area contributed by atoms with Gasteiger partial charge in [0.25, 0.3) is 5.91 Å². The van der Waals surface area contributed by atoms with E-state index in [4.69, 9.17) is 9.47 Å². The fourth-order valence-corrected chi connectivity index (χ4v) is 2.22. The molecule has 0 fully saturated rings. The van der Waals surface area contributed by atoms with Gasteiger partial charge in [0, 0.05) is 19.8 Å². The minimum Gasteiger partial charge on any atom is -0.482 e. The predicted molar refractivity (Wildman–Crippen MR) is 86.6 cm³/mol. The smallest absolute Gasteiger partial charge is 0.315 e. The minimum atomic E-state index is -0.230. The van der Waals surface area contributed by atoms with Crippen LogP contribution in [0.5, 0.6) is 5.75 Å². The molecule has 0 saturated heterocycles. The van der Waals surface area contributed by atoms with E-state index in [0.29, 0.717) is 31.2 Å². The first-order valence-electron chi connectivity index (χ1n) is 7.79. The molecule has 1 aromatic carbocycles. The highest BCUT2D eigenvalue weighted by Gasteiger charge is 2.18. The lowest BCUT2D eigenvalue weighted by Gasteiger charge is -2.21. The van der Waals surface area contributed by atoms with Crippen molar-refractivity contribution in [3.05, 3.63) is 23.8 Å². The SMILES string of the molecule is CCOCCCNC(=O)NC(C)c1ccc2c(c1)NC(=O)CO2. The summed E-state index contributed by atoms with van der Waals surface area (Å²) in [6, 6.07) is 5.06. The van der Waals surface area contributed by atoms with Gasteiger partial charge in [-0.2, -0.15) is 0 Å². The van der Waals surface area contributed by atoms with E-state index in [2.05, 4.69) is 16.0 Å². The van der Waals surface area contributed by atoms with E-state index in [0.717, 1.165) is 12.0 Å². The monoisotopic (exact) mass is 321 g/mol. The first-order chi connectivity index (χ1) is 11.1. The minimum absolute atomic E-state index is 0.0320. The highest BCUT2D eigenvalue weighted by molar-refractivity contribution is 5.95. The van der Waals surface area contributed by atoms with Gasteiger partial charge in [-0.1, -0.05) is 6.07 Å². The Bertz CT molecular complexity index is 562. The molecule has 1 aliphatic heterocycles. The van der Waals surface area contributed by atoms with E-state index in [1.807, 2.05) is 26.0 Å². The van der Waals surface area contributed by atoms with E-state index >= 15 is 0 Å². The predicted octanol–water partition coefficient (Wildman–Crippen LogP) is 1.80. The number of urea groups is 1. The summed E-state index contributed by atoms with van der Waals surface area (Å²) in [5.74, 6) is 0.461. The number of rotatable bonds is 7. The Kier molecular flexibility index (Phi) is 6.22. The van der Waals surface area contributed by atoms with Crippen LogP contribution in [0.4, 0.5) is 10.5 Å². The van der Waals surface area contributed by atoms with Crippen molar-refractivity contribution in [3.63, 3.8) is 0 Å². The molecule has 1 aromatic rings. The Morgan fingerprint density at radius 3 is 3.09 bits per heavy atom. The van der Waals surface area contributed by atoms with Crippen molar-refractivity contribution in [2.75, 3.05) is 31.7 Å². The van der Waals surface area contributed by atoms with E-state index < -0.39 is 0 Å². The molecular formula is C16H23N3O4. The van der Waals surface area contributed by atoms with Crippen LogP contribution in [0.2, 0.25) is 0 Å². The number of anilines is 1. The van der Waals surface area contributed by atoms with E-state index in [-0.39, 0.29) is 24.6 Å². The highest BCUT2D eigenvalue weighted by atomic mass is 16.5. The molecule has 1 unspecified atom stereocenters. The van der Waals surface area contributed by atoms with Gasteiger partial charge < -0.3 is 25.4 Å². The van der Waals surface area contributed by atoms with Crippen LogP contribution in [0.1, 0.15) is 31.9 Å². The van der Waals surface area contributed by atoms with Crippen molar-refractivity contribution in [1.82, 2.24) is 10.6 Å². The summed E-state index contributed by atoms with van der Waals surface area (Å²) in [4.78, 5) is 23.2. The molecule has 7 nitrogen and oxygen atoms in total. The normalized spacial score (nSPS) is 14.3. The number of hydrogen-bond donors (Lipinski definition) is 3. The number of benzene rings is 1. The molecular weight excluding hydrogens is 298 g/mol. The Labute approximate surface area is 135 Å². The van der Waals surface area contributed by atoms with Crippen molar-refractivity contribution in [2.24, 2.45) is 0 Å². The Balaban J connectivity index is 1.83. The molecule has 1 heterocycles. The number of fused-ring (bicyclic) bond motifs is 1. The summed E-state index contributed by atoms with van der Waals surface area (Å²) in [7, 11) is 0. The van der Waals surface area contributed by atoms with Crippen LogP contribution in [-0.2, 0) is 9.53 Å². The van der Waals surface area contributed by atoms with Crippen LogP contribution >= 0.6 is 0 Å². The number of carbonyl (C=O) groups is 2. The Morgan fingerprint density at radius 1 is 1.48 bits per heavy atom. The number of ether oxygens (including phenoxy) is 2. The van der Waals surface area contributed by atoms with Crippen LogP contribution < -0.4 is 20.7 Å². The second kappa shape index (κ2) is 8.38. The molecule has 23 heavy (non-hydrogen) atoms. The van der Waals surface area contributed by atoms with Crippen LogP contribution in [0.3, 0.4) is 0 Å². The standard InChI is InChI=1S/C16H23N3O4/c1-3-22-8-4-7-17-16(21)18-11(2)12-5-6-14-13(9-12)19-15(20)10-23-14/h5-6,9,11H,3-4,7-8,10H2,1-2H3,(H,19,20)(H2,17,18,21). The van der Waals surface area contributed by atoms with Crippen molar-refractivity contribution in [2.45, 2.75) is 26.3 Å². The van der Waals surface area contributed by atoms with Gasteiger partial charge in [-0.3, -0.25) is 4.79 Å². The summed E-state index contributed by atoms with van der Waals surface area (Å²) < 4.78 is 10.5. The van der Waals surface area contributed by atoms with Gasteiger partial charge in [-0.05, 0) is 38.0 Å². The van der Waals surface area contributed by atoms with Crippen molar-refractivity contribution >= 4 is 17.6 Å². The third-order valence-electron chi connectivity index (χ3n) is 3.44. The molecule has 0 bridgehead atoms. The average molecular weight is 321 g/mol. The second-order valence-corrected chi connectivity index (χ2v) is 5.26. The van der Waals surface area contributed by atoms with E-state index in [9.17, 15) is 9.59 Å². The first kappa shape index (κ1) is 17.1. The largest absolute Gasteiger partial charge is 0.482 e. The molecule has 2 rings (SSSR count). The zero-order valence-corrected chi connectivity index (χ0v) is 13.5. The van der Waals surface area contributed by atoms with Gasteiger partial charge in [0.05, 0.1) is 11.7 Å². The molecule has 0 saturated carbocycles. The summed E-state index contributed by atoms with van der Waals surface area (Å²) in [6.07, 6.45) is 0.776. The lowest BCUT2D eigenvalue weighted by Crippen LogP contribution is -2.37. The molecule has 0 aliphatic carbocycles. The lowest BCUT2D eigenvalue weighted by atomic mass is 10.1. The molecule has 0 radical (unpaired) electrons. The second-order valence-electron chi connectivity index (χ2n) is 5.26. The number of carbonyl (C=O) groups excluding carboxylic acids is 2. The Hall–Kier alpha value is -2.28. The number of hydrogen-bond acceptors (Lipinski definition) is 4. The molecule has 1 aliphatic rings. The molecule has 3 N–H and O–H groups in total. The van der Waals surface area contributed by atoms with Crippen molar-refractivity contribution < 1.29 is 19.1 Å². The molecule has 126 valence electrons. The summed E-state index contributed by atoms with van der Waals surface area (Å²) >= 11 is 0. The quantitative estimate of drug-likeness (QED) is 0.668. The zero-order valence-electron chi connectivity index (χ0n) is 13.5.